The Kier molecular flexibility index (Phi) is 8.33. The number of alkyl halides is 3. The molecule has 3 aromatic rings. The molecule has 218 valence electrons. The molecule has 2 aliphatic rings. The topological polar surface area (TPSA) is 151 Å². The van der Waals surface area contributed by atoms with E-state index in [-0.39, 0.29) is 17.5 Å². The minimum atomic E-state index is -5.08. The van der Waals surface area contributed by atoms with Crippen molar-refractivity contribution in [3.63, 3.8) is 0 Å². The van der Waals surface area contributed by atoms with Crippen molar-refractivity contribution in [1.29, 1.82) is 0 Å². The van der Waals surface area contributed by atoms with E-state index < -0.39 is 18.1 Å². The van der Waals surface area contributed by atoms with Gasteiger partial charge in [0.2, 0.25) is 0 Å². The number of halogens is 3. The maximum Gasteiger partial charge on any atom is 0.490 e. The van der Waals surface area contributed by atoms with Gasteiger partial charge in [0.15, 0.2) is 0 Å². The van der Waals surface area contributed by atoms with Crippen LogP contribution >= 0.6 is 0 Å². The van der Waals surface area contributed by atoms with Crippen LogP contribution in [-0.2, 0) is 11.2 Å². The molecule has 4 N–H and O–H groups in total. The van der Waals surface area contributed by atoms with E-state index in [2.05, 4.69) is 27.2 Å². The minimum Gasteiger partial charge on any atom is -0.493 e. The lowest BCUT2D eigenvalue weighted by atomic mass is 10.0. The van der Waals surface area contributed by atoms with E-state index in [9.17, 15) is 22.8 Å². The van der Waals surface area contributed by atoms with E-state index in [0.29, 0.717) is 34.6 Å². The van der Waals surface area contributed by atoms with Crippen LogP contribution in [0.1, 0.15) is 38.5 Å². The fourth-order valence-electron chi connectivity index (χ4n) is 4.84. The first-order valence-corrected chi connectivity index (χ1v) is 12.7. The molecule has 4 heterocycles. The number of ether oxygens (including phenoxy) is 1. The number of carboxylic acids is 1. The van der Waals surface area contributed by atoms with Crippen molar-refractivity contribution >= 4 is 40.1 Å². The smallest absolute Gasteiger partial charge is 0.490 e. The third-order valence-corrected chi connectivity index (χ3v) is 6.99. The van der Waals surface area contributed by atoms with Crippen molar-refractivity contribution in [1.82, 2.24) is 19.8 Å². The molecule has 2 aromatic heterocycles. The Balaban J connectivity index is 0.000000493. The monoisotopic (exact) mass is 574 g/mol. The van der Waals surface area contributed by atoms with E-state index in [1.54, 1.807) is 11.0 Å². The van der Waals surface area contributed by atoms with Gasteiger partial charge in [-0.15, -0.1) is 0 Å². The molecular weight excluding hydrogens is 545 g/mol. The molecule has 41 heavy (non-hydrogen) atoms. The summed E-state index contributed by atoms with van der Waals surface area (Å²) in [5.41, 5.74) is 9.88. The van der Waals surface area contributed by atoms with Crippen molar-refractivity contribution < 1.29 is 37.4 Å². The number of anilines is 2. The Morgan fingerprint density at radius 3 is 2.59 bits per heavy atom. The largest absolute Gasteiger partial charge is 0.493 e. The van der Waals surface area contributed by atoms with Gasteiger partial charge in [0, 0.05) is 48.9 Å². The molecule has 11 nitrogen and oxygen atoms in total. The quantitative estimate of drug-likeness (QED) is 0.418. The van der Waals surface area contributed by atoms with Crippen molar-refractivity contribution in [3.8, 4) is 5.75 Å². The number of hydrogen-bond acceptors (Lipinski definition) is 8. The molecule has 2 amide bonds. The van der Waals surface area contributed by atoms with E-state index >= 15 is 0 Å². The van der Waals surface area contributed by atoms with Gasteiger partial charge in [-0.25, -0.2) is 9.78 Å². The van der Waals surface area contributed by atoms with Gasteiger partial charge in [-0.1, -0.05) is 6.07 Å². The maximum atomic E-state index is 13.4. The average molecular weight is 575 g/mol. The number of nitrogens with one attached hydrogen (secondary N) is 1. The molecular formula is C27H29F3N6O5. The molecule has 0 spiro atoms. The number of likely N-dealkylation sites (N-methyl/N-ethyl adjacent to an activating group) is 2. The maximum absolute atomic E-state index is 13.4. The lowest BCUT2D eigenvalue weighted by Crippen LogP contribution is -2.39. The number of rotatable bonds is 5. The second-order valence-electron chi connectivity index (χ2n) is 9.83. The Labute approximate surface area is 233 Å². The van der Waals surface area contributed by atoms with Crippen LogP contribution in [0.2, 0.25) is 0 Å². The van der Waals surface area contributed by atoms with Gasteiger partial charge < -0.3 is 30.7 Å². The number of amides is 2. The second kappa shape index (κ2) is 11.6. The molecule has 1 fully saturated rings. The number of carboxylic acid groups (broad SMARTS) is 1. The summed E-state index contributed by atoms with van der Waals surface area (Å²) in [6.45, 7) is 4.21. The normalized spacial score (nSPS) is 16.4. The molecule has 0 radical (unpaired) electrons. The number of primary amides is 1. The van der Waals surface area contributed by atoms with Crippen LogP contribution in [0.15, 0.2) is 30.5 Å². The predicted molar refractivity (Wildman–Crippen MR) is 143 cm³/mol. The van der Waals surface area contributed by atoms with Crippen LogP contribution in [0.3, 0.4) is 0 Å². The number of carbonyl (C=O) groups is 3. The molecule has 2 aliphatic heterocycles. The fourth-order valence-corrected chi connectivity index (χ4v) is 4.84. The number of pyridine rings is 2. The van der Waals surface area contributed by atoms with Crippen LogP contribution in [-0.4, -0.2) is 88.7 Å². The number of aryl methyl sites for hydroxylation is 1. The average Bonchev–Trinajstić information content (AvgIpc) is 3.57. The van der Waals surface area contributed by atoms with Crippen LogP contribution < -0.4 is 15.8 Å². The zero-order valence-electron chi connectivity index (χ0n) is 22.6. The standard InChI is InChI=1S/C25H28N6O3.C2HF3O2/c1-14-22-17(11-20(28-14)25(33)31(3)15-7-9-30(2)13-15)23(18(12-27-22)24(26)32)29-19-5-4-6-21-16(19)8-10-34-21;3-2(4,5)1(6)7/h4-6,11-12,15H,7-10,13H2,1-3H3,(H2,26,32)(H,27,29);(H,6,7). The fraction of sp³-hybridized carbons (Fsp3) is 0.370. The van der Waals surface area contributed by atoms with E-state index in [1.165, 1.54) is 6.20 Å². The number of hydrogen-bond donors (Lipinski definition) is 3. The summed E-state index contributed by atoms with van der Waals surface area (Å²) in [5.74, 6) is -2.70. The van der Waals surface area contributed by atoms with Gasteiger partial charge in [0.05, 0.1) is 29.1 Å². The summed E-state index contributed by atoms with van der Waals surface area (Å²) in [7, 11) is 3.87. The molecule has 1 unspecified atom stereocenters. The first-order valence-electron chi connectivity index (χ1n) is 12.7. The van der Waals surface area contributed by atoms with Crippen LogP contribution in [0, 0.1) is 6.92 Å². The third kappa shape index (κ3) is 6.32. The molecule has 0 bridgehead atoms. The number of likely N-dealkylation sites (tertiary alicyclic amines) is 1. The number of nitrogens with zero attached hydrogens (tertiary/aromatic N) is 4. The number of aliphatic carboxylic acids is 1. The number of aromatic nitrogens is 2. The highest BCUT2D eigenvalue weighted by molar-refractivity contribution is 6.09. The molecule has 0 aliphatic carbocycles. The zero-order valence-corrected chi connectivity index (χ0v) is 22.6. The van der Waals surface area contributed by atoms with Gasteiger partial charge >= 0.3 is 12.1 Å². The van der Waals surface area contributed by atoms with E-state index in [4.69, 9.17) is 20.4 Å². The minimum absolute atomic E-state index is 0.134. The second-order valence-corrected chi connectivity index (χ2v) is 9.83. The number of benzene rings is 1. The summed E-state index contributed by atoms with van der Waals surface area (Å²) in [5, 5.41) is 11.2. The molecule has 1 aromatic carbocycles. The van der Waals surface area contributed by atoms with Crippen LogP contribution in [0.5, 0.6) is 5.75 Å². The van der Waals surface area contributed by atoms with Crippen molar-refractivity contribution in [2.75, 3.05) is 39.1 Å². The van der Waals surface area contributed by atoms with E-state index in [1.807, 2.05) is 32.2 Å². The lowest BCUT2D eigenvalue weighted by molar-refractivity contribution is -0.192. The van der Waals surface area contributed by atoms with Gasteiger partial charge in [0.25, 0.3) is 11.8 Å². The summed E-state index contributed by atoms with van der Waals surface area (Å²) in [4.78, 5) is 47.6. The first-order chi connectivity index (χ1) is 19.3. The van der Waals surface area contributed by atoms with Gasteiger partial charge in [-0.05, 0) is 45.1 Å². The number of fused-ring (bicyclic) bond motifs is 2. The molecule has 1 atom stereocenters. The summed E-state index contributed by atoms with van der Waals surface area (Å²) in [6, 6.07) is 7.61. The number of carbonyl (C=O) groups excluding carboxylic acids is 2. The lowest BCUT2D eigenvalue weighted by Gasteiger charge is -2.24. The first kappa shape index (κ1) is 29.5. The van der Waals surface area contributed by atoms with Gasteiger partial charge in [-0.3, -0.25) is 14.6 Å². The van der Waals surface area contributed by atoms with Crippen molar-refractivity contribution in [3.05, 3.63) is 53.0 Å². The number of nitrogens with two attached hydrogens (primary N) is 1. The predicted octanol–water partition coefficient (Wildman–Crippen LogP) is 3.13. The Morgan fingerprint density at radius 1 is 1.27 bits per heavy atom. The summed E-state index contributed by atoms with van der Waals surface area (Å²) in [6.07, 6.45) is -1.94. The van der Waals surface area contributed by atoms with Gasteiger partial charge in [0.1, 0.15) is 11.4 Å². The highest BCUT2D eigenvalue weighted by atomic mass is 19.4. The Hall–Kier alpha value is -4.46. The summed E-state index contributed by atoms with van der Waals surface area (Å²) < 4.78 is 37.4. The molecule has 5 rings (SSSR count). The van der Waals surface area contributed by atoms with E-state index in [0.717, 1.165) is 42.9 Å². The van der Waals surface area contributed by atoms with Crippen LogP contribution in [0.25, 0.3) is 10.9 Å². The third-order valence-electron chi connectivity index (χ3n) is 6.99. The molecule has 1 saturated heterocycles. The van der Waals surface area contributed by atoms with Crippen LogP contribution in [0.4, 0.5) is 24.5 Å². The Morgan fingerprint density at radius 2 is 1.98 bits per heavy atom. The Bertz CT molecular complexity index is 1510. The summed E-state index contributed by atoms with van der Waals surface area (Å²) >= 11 is 0. The highest BCUT2D eigenvalue weighted by Crippen LogP contribution is 2.36. The van der Waals surface area contributed by atoms with Crippen molar-refractivity contribution in [2.45, 2.75) is 32.0 Å². The zero-order chi connectivity index (χ0) is 30.1. The van der Waals surface area contributed by atoms with Gasteiger partial charge in [-0.2, -0.15) is 13.2 Å². The highest BCUT2D eigenvalue weighted by Gasteiger charge is 2.38. The SMILES string of the molecule is Cc1nc(C(=O)N(C)C2CCN(C)C2)cc2c(Nc3cccc4c3CCO4)c(C(N)=O)cnc12.O=C(O)C(F)(F)F. The molecule has 0 saturated carbocycles. The molecule has 14 heteroatoms. The van der Waals surface area contributed by atoms with Crippen molar-refractivity contribution in [2.24, 2.45) is 5.73 Å².